The first kappa shape index (κ1) is 16.8. The van der Waals surface area contributed by atoms with E-state index in [-0.39, 0.29) is 5.56 Å². The molecule has 3 heterocycles. The van der Waals surface area contributed by atoms with Gasteiger partial charge in [-0.25, -0.2) is 9.31 Å². The van der Waals surface area contributed by atoms with Crippen LogP contribution in [0.5, 0.6) is 0 Å². The Labute approximate surface area is 148 Å². The van der Waals surface area contributed by atoms with Gasteiger partial charge in [0.15, 0.2) is 0 Å². The summed E-state index contributed by atoms with van der Waals surface area (Å²) in [6.07, 6.45) is -2.77. The molecule has 0 fully saturated rings. The van der Waals surface area contributed by atoms with Gasteiger partial charge in [-0.1, -0.05) is 12.1 Å². The molecule has 0 aliphatic rings. The molecule has 0 bridgehead atoms. The highest BCUT2D eigenvalue weighted by atomic mass is 19.4. The van der Waals surface area contributed by atoms with Crippen molar-refractivity contribution in [1.82, 2.24) is 14.6 Å². The molecule has 1 N–H and O–H groups in total. The number of hydrogen-bond acceptors (Lipinski definition) is 4. The number of benzene rings is 1. The number of H-pyrrole nitrogens is 1. The van der Waals surface area contributed by atoms with Crippen LogP contribution in [0.1, 0.15) is 0 Å². The van der Waals surface area contributed by atoms with E-state index in [1.807, 2.05) is 0 Å². The SMILES string of the molecule is O=C(O[n+]1cccc(-c2cc3[nH]c(=O)c4ccccc4n3n2)c1)C(F)(F)F. The molecule has 1 aromatic carbocycles. The van der Waals surface area contributed by atoms with Gasteiger partial charge in [-0.05, 0) is 18.2 Å². The molecule has 0 saturated carbocycles. The number of hydrogen-bond donors (Lipinski definition) is 1. The summed E-state index contributed by atoms with van der Waals surface area (Å²) in [5, 5.41) is 4.84. The second-order valence-electron chi connectivity index (χ2n) is 5.63. The number of rotatable bonds is 2. The van der Waals surface area contributed by atoms with E-state index >= 15 is 0 Å². The summed E-state index contributed by atoms with van der Waals surface area (Å²) < 4.78 is 39.2. The second-order valence-corrected chi connectivity index (χ2v) is 5.63. The highest BCUT2D eigenvalue weighted by Crippen LogP contribution is 2.20. The number of fused-ring (bicyclic) bond motifs is 3. The minimum Gasteiger partial charge on any atom is -0.306 e. The van der Waals surface area contributed by atoms with Crippen molar-refractivity contribution in [3.63, 3.8) is 0 Å². The lowest BCUT2D eigenvalue weighted by Crippen LogP contribution is -2.49. The lowest BCUT2D eigenvalue weighted by atomic mass is 10.2. The van der Waals surface area contributed by atoms with Crippen LogP contribution in [0, 0.1) is 0 Å². The fourth-order valence-corrected chi connectivity index (χ4v) is 2.64. The molecule has 4 rings (SSSR count). The Morgan fingerprint density at radius 3 is 2.74 bits per heavy atom. The van der Waals surface area contributed by atoms with Crippen LogP contribution in [0.25, 0.3) is 27.8 Å². The van der Waals surface area contributed by atoms with Crippen molar-refractivity contribution in [3.05, 3.63) is 65.2 Å². The summed E-state index contributed by atoms with van der Waals surface area (Å²) in [5.74, 6) is -2.34. The molecule has 0 unspecified atom stereocenters. The Bertz CT molecular complexity index is 1240. The van der Waals surface area contributed by atoms with Crippen molar-refractivity contribution in [2.75, 3.05) is 0 Å². The Morgan fingerprint density at radius 2 is 1.96 bits per heavy atom. The van der Waals surface area contributed by atoms with Crippen molar-refractivity contribution >= 4 is 22.5 Å². The largest absolute Gasteiger partial charge is 0.498 e. The van der Waals surface area contributed by atoms with Gasteiger partial charge in [0.25, 0.3) is 5.56 Å². The fourth-order valence-electron chi connectivity index (χ4n) is 2.64. The lowest BCUT2D eigenvalue weighted by Gasteiger charge is -2.01. The summed E-state index contributed by atoms with van der Waals surface area (Å²) >= 11 is 0. The minimum absolute atomic E-state index is 0.285. The van der Waals surface area contributed by atoms with Crippen molar-refractivity contribution in [1.29, 1.82) is 0 Å². The Hall–Kier alpha value is -3.69. The van der Waals surface area contributed by atoms with E-state index in [1.165, 1.54) is 16.8 Å². The number of halogens is 3. The summed E-state index contributed by atoms with van der Waals surface area (Å²) in [4.78, 5) is 30.1. The summed E-state index contributed by atoms with van der Waals surface area (Å²) in [6, 6.07) is 11.4. The number of aromatic nitrogens is 4. The molecule has 0 spiro atoms. The molecule has 0 aliphatic heterocycles. The molecule has 4 aromatic rings. The maximum atomic E-state index is 12.3. The maximum Gasteiger partial charge on any atom is 0.498 e. The van der Waals surface area contributed by atoms with Gasteiger partial charge in [-0.3, -0.25) is 4.79 Å². The summed E-state index contributed by atoms with van der Waals surface area (Å²) in [6.45, 7) is 0. The zero-order chi connectivity index (χ0) is 19.2. The molecule has 0 saturated heterocycles. The van der Waals surface area contributed by atoms with Gasteiger partial charge in [0.2, 0.25) is 12.4 Å². The molecule has 27 heavy (non-hydrogen) atoms. The van der Waals surface area contributed by atoms with Crippen molar-refractivity contribution in [2.24, 2.45) is 0 Å². The van der Waals surface area contributed by atoms with E-state index in [0.29, 0.717) is 32.5 Å². The van der Waals surface area contributed by atoms with Crippen LogP contribution < -0.4 is 15.1 Å². The number of pyridine rings is 1. The maximum absolute atomic E-state index is 12.3. The first-order valence-corrected chi connectivity index (χ1v) is 7.65. The molecule has 7 nitrogen and oxygen atoms in total. The number of para-hydroxylation sites is 1. The van der Waals surface area contributed by atoms with Crippen LogP contribution in [0.3, 0.4) is 0 Å². The topological polar surface area (TPSA) is 80.3 Å². The third-order valence-corrected chi connectivity index (χ3v) is 3.82. The number of carbonyl (C=O) groups excluding carboxylic acids is 1. The molecular weight excluding hydrogens is 365 g/mol. The van der Waals surface area contributed by atoms with Crippen LogP contribution in [-0.2, 0) is 4.79 Å². The third kappa shape index (κ3) is 3.01. The number of alkyl halides is 3. The molecule has 0 amide bonds. The Kier molecular flexibility index (Phi) is 3.69. The number of carbonyl (C=O) groups is 1. The predicted molar refractivity (Wildman–Crippen MR) is 86.6 cm³/mol. The van der Waals surface area contributed by atoms with Crippen molar-refractivity contribution < 1.29 is 27.5 Å². The summed E-state index contributed by atoms with van der Waals surface area (Å²) in [5.41, 5.74) is 1.47. The molecular formula is C17H10F3N4O3+. The Morgan fingerprint density at radius 1 is 1.19 bits per heavy atom. The fraction of sp³-hybridized carbons (Fsp3) is 0.0588. The van der Waals surface area contributed by atoms with Gasteiger partial charge < -0.3 is 4.98 Å². The molecule has 0 aliphatic carbocycles. The van der Waals surface area contributed by atoms with Gasteiger partial charge in [-0.15, -0.1) is 0 Å². The molecule has 3 aromatic heterocycles. The first-order valence-electron chi connectivity index (χ1n) is 7.65. The average Bonchev–Trinajstić information content (AvgIpc) is 3.06. The standard InChI is InChI=1S/C17H9F3N4O3/c18-17(19,20)16(26)27-23-7-3-4-10(9-23)12-8-14-21-15(25)11-5-1-2-6-13(11)24(14)22-12/h1-9H/p+1. The van der Waals surface area contributed by atoms with Crippen LogP contribution in [0.4, 0.5) is 13.2 Å². The molecule has 136 valence electrons. The van der Waals surface area contributed by atoms with Crippen LogP contribution in [0.2, 0.25) is 0 Å². The van der Waals surface area contributed by atoms with Crippen molar-refractivity contribution in [2.45, 2.75) is 6.18 Å². The van der Waals surface area contributed by atoms with E-state index < -0.39 is 12.1 Å². The molecule has 10 heteroatoms. The number of aromatic amines is 1. The van der Waals surface area contributed by atoms with Crippen LogP contribution in [0.15, 0.2) is 59.7 Å². The van der Waals surface area contributed by atoms with E-state index in [2.05, 4.69) is 14.9 Å². The van der Waals surface area contributed by atoms with Gasteiger partial charge in [-0.2, -0.15) is 23.1 Å². The summed E-state index contributed by atoms with van der Waals surface area (Å²) in [7, 11) is 0. The minimum atomic E-state index is -5.11. The van der Waals surface area contributed by atoms with Gasteiger partial charge in [0.1, 0.15) is 11.3 Å². The van der Waals surface area contributed by atoms with Gasteiger partial charge in [0.05, 0.1) is 16.5 Å². The molecule has 0 radical (unpaired) electrons. The first-order chi connectivity index (χ1) is 12.8. The zero-order valence-electron chi connectivity index (χ0n) is 13.4. The van der Waals surface area contributed by atoms with Gasteiger partial charge in [0, 0.05) is 16.9 Å². The number of nitrogens with one attached hydrogen (secondary N) is 1. The molecule has 0 atom stereocenters. The normalized spacial score (nSPS) is 11.8. The smallest absolute Gasteiger partial charge is 0.306 e. The highest BCUT2D eigenvalue weighted by Gasteiger charge is 2.44. The van der Waals surface area contributed by atoms with Crippen molar-refractivity contribution in [3.8, 4) is 11.3 Å². The van der Waals surface area contributed by atoms with E-state index in [9.17, 15) is 22.8 Å². The lowest BCUT2D eigenvalue weighted by molar-refractivity contribution is -0.870. The van der Waals surface area contributed by atoms with Crippen LogP contribution in [-0.4, -0.2) is 26.7 Å². The monoisotopic (exact) mass is 375 g/mol. The van der Waals surface area contributed by atoms with E-state index in [1.54, 1.807) is 36.4 Å². The second kappa shape index (κ2) is 5.94. The van der Waals surface area contributed by atoms with Gasteiger partial charge >= 0.3 is 12.1 Å². The van der Waals surface area contributed by atoms with E-state index in [0.717, 1.165) is 6.20 Å². The zero-order valence-corrected chi connectivity index (χ0v) is 13.4. The average molecular weight is 375 g/mol. The highest BCUT2D eigenvalue weighted by molar-refractivity contribution is 5.81. The predicted octanol–water partition coefficient (Wildman–Crippen LogP) is 1.65. The third-order valence-electron chi connectivity index (χ3n) is 3.82. The quantitative estimate of drug-likeness (QED) is 0.541. The van der Waals surface area contributed by atoms with Crippen LogP contribution >= 0.6 is 0 Å². The Balaban J connectivity index is 1.79. The number of nitrogens with zero attached hydrogens (tertiary/aromatic N) is 3. The van der Waals surface area contributed by atoms with E-state index in [4.69, 9.17) is 0 Å².